The quantitative estimate of drug-likeness (QED) is 0.390. The summed E-state index contributed by atoms with van der Waals surface area (Å²) >= 11 is 5.92. The summed E-state index contributed by atoms with van der Waals surface area (Å²) in [5.41, 5.74) is 0. The summed E-state index contributed by atoms with van der Waals surface area (Å²) in [6.45, 7) is 0.397. The van der Waals surface area contributed by atoms with Gasteiger partial charge in [0.25, 0.3) is 0 Å². The Morgan fingerprint density at radius 2 is 2.07 bits per heavy atom. The highest BCUT2D eigenvalue weighted by Gasteiger charge is 2.32. The molecule has 1 aliphatic carbocycles. The predicted octanol–water partition coefficient (Wildman–Crippen LogP) is 4.13. The fraction of sp³-hybridized carbons (Fsp3) is 0.545. The summed E-state index contributed by atoms with van der Waals surface area (Å²) in [6.07, 6.45) is 12.5. The van der Waals surface area contributed by atoms with Crippen LogP contribution < -0.4 is 4.74 Å². The van der Waals surface area contributed by atoms with Gasteiger partial charge in [0, 0.05) is 17.5 Å². The van der Waals surface area contributed by atoms with Crippen LogP contribution in [0.1, 0.15) is 38.5 Å². The van der Waals surface area contributed by atoms with Crippen LogP contribution in [-0.2, 0) is 0 Å². The highest BCUT2D eigenvalue weighted by atomic mass is 35.5. The van der Waals surface area contributed by atoms with Crippen molar-refractivity contribution >= 4 is 11.6 Å². The Kier molecular flexibility index (Phi) is 9.92. The zero-order valence-corrected chi connectivity index (χ0v) is 16.5. The Balaban J connectivity index is 1.78. The Labute approximate surface area is 167 Å². The van der Waals surface area contributed by atoms with Crippen molar-refractivity contribution < 1.29 is 20.1 Å². The van der Waals surface area contributed by atoms with Crippen LogP contribution >= 0.6 is 11.6 Å². The van der Waals surface area contributed by atoms with Crippen molar-refractivity contribution in [1.82, 2.24) is 0 Å². The van der Waals surface area contributed by atoms with Gasteiger partial charge in [-0.25, -0.2) is 0 Å². The normalized spacial score (nSPS) is 24.1. The first-order valence-electron chi connectivity index (χ1n) is 9.79. The molecule has 0 aromatic heterocycles. The number of benzene rings is 1. The number of halogens is 1. The molecule has 4 atom stereocenters. The highest BCUT2D eigenvalue weighted by Crippen LogP contribution is 2.36. The summed E-state index contributed by atoms with van der Waals surface area (Å²) in [4.78, 5) is 0. The average Bonchev–Trinajstić information content (AvgIpc) is 3.01. The first-order chi connectivity index (χ1) is 13.1. The third-order valence-electron chi connectivity index (χ3n) is 4.98. The molecule has 3 N–H and O–H groups in total. The molecule has 1 aromatic rings. The van der Waals surface area contributed by atoms with Gasteiger partial charge in [0.15, 0.2) is 0 Å². The molecular formula is C22H31ClO4. The van der Waals surface area contributed by atoms with Gasteiger partial charge in [-0.3, -0.25) is 0 Å². The molecule has 1 saturated carbocycles. The summed E-state index contributed by atoms with van der Waals surface area (Å²) in [6, 6.07) is 7.08. The third kappa shape index (κ3) is 8.06. The van der Waals surface area contributed by atoms with E-state index in [0.717, 1.165) is 38.5 Å². The molecule has 27 heavy (non-hydrogen) atoms. The van der Waals surface area contributed by atoms with E-state index >= 15 is 0 Å². The zero-order chi connectivity index (χ0) is 19.5. The molecule has 0 spiro atoms. The Morgan fingerprint density at radius 1 is 1.22 bits per heavy atom. The van der Waals surface area contributed by atoms with Crippen molar-refractivity contribution in [2.75, 3.05) is 13.2 Å². The van der Waals surface area contributed by atoms with Gasteiger partial charge in [0.1, 0.15) is 18.5 Å². The van der Waals surface area contributed by atoms with E-state index < -0.39 is 6.10 Å². The Hall–Kier alpha value is -1.33. The number of unbranched alkanes of at least 4 members (excludes halogenated alkanes) is 2. The molecule has 0 saturated heterocycles. The van der Waals surface area contributed by atoms with E-state index in [1.807, 2.05) is 6.08 Å². The minimum atomic E-state index is -0.730. The van der Waals surface area contributed by atoms with Gasteiger partial charge in [-0.1, -0.05) is 42.0 Å². The maximum atomic E-state index is 10.3. The van der Waals surface area contributed by atoms with Gasteiger partial charge in [-0.2, -0.15) is 0 Å². The lowest BCUT2D eigenvalue weighted by molar-refractivity contribution is 0.133. The fourth-order valence-corrected chi connectivity index (χ4v) is 3.64. The molecule has 1 aliphatic rings. The SMILES string of the molecule is OCCCCC=CC[C@H]1CC[C@@H](O)[C@@H]1C=C[C@@H](O)COc1cccc(Cl)c1. The van der Waals surface area contributed by atoms with Crippen LogP contribution in [0.25, 0.3) is 0 Å². The molecular weight excluding hydrogens is 364 g/mol. The van der Waals surface area contributed by atoms with Crippen molar-refractivity contribution in [3.05, 3.63) is 53.6 Å². The lowest BCUT2D eigenvalue weighted by Gasteiger charge is -2.18. The maximum absolute atomic E-state index is 10.3. The van der Waals surface area contributed by atoms with Crippen LogP contribution in [0.15, 0.2) is 48.6 Å². The van der Waals surface area contributed by atoms with Gasteiger partial charge < -0.3 is 20.1 Å². The molecule has 5 heteroatoms. The standard InChI is InChI=1S/C22H31ClO4/c23-18-8-6-9-20(15-18)27-16-19(25)11-12-21-17(10-13-22(21)26)7-4-2-1-3-5-14-24/h2,4,6,8-9,11-12,15,17,19,21-22,24-26H,1,3,5,7,10,13-14,16H2/t17-,19+,21+,22+/m0/s1. The summed E-state index contributed by atoms with van der Waals surface area (Å²) < 4.78 is 5.55. The van der Waals surface area contributed by atoms with Crippen LogP contribution in [0.5, 0.6) is 5.75 Å². The average molecular weight is 395 g/mol. The molecule has 0 radical (unpaired) electrons. The second-order valence-electron chi connectivity index (χ2n) is 7.13. The van der Waals surface area contributed by atoms with E-state index in [-0.39, 0.29) is 25.2 Å². The number of aliphatic hydroxyl groups excluding tert-OH is 3. The van der Waals surface area contributed by atoms with Crippen molar-refractivity contribution in [3.8, 4) is 5.75 Å². The molecule has 1 fully saturated rings. The maximum Gasteiger partial charge on any atom is 0.120 e. The predicted molar refractivity (Wildman–Crippen MR) is 109 cm³/mol. The number of aliphatic hydroxyl groups is 3. The molecule has 0 amide bonds. The van der Waals surface area contributed by atoms with Crippen molar-refractivity contribution in [2.24, 2.45) is 11.8 Å². The molecule has 2 rings (SSSR count). The zero-order valence-electron chi connectivity index (χ0n) is 15.7. The summed E-state index contributed by atoms with van der Waals surface area (Å²) in [7, 11) is 0. The largest absolute Gasteiger partial charge is 0.491 e. The van der Waals surface area contributed by atoms with Crippen molar-refractivity contribution in [3.63, 3.8) is 0 Å². The van der Waals surface area contributed by atoms with Crippen molar-refractivity contribution in [1.29, 1.82) is 0 Å². The van der Waals surface area contributed by atoms with Crippen LogP contribution in [0.4, 0.5) is 0 Å². The van der Waals surface area contributed by atoms with Crippen LogP contribution in [-0.4, -0.2) is 40.7 Å². The molecule has 4 nitrogen and oxygen atoms in total. The first kappa shape index (κ1) is 22.0. The lowest BCUT2D eigenvalue weighted by Crippen LogP contribution is -2.19. The molecule has 0 heterocycles. The van der Waals surface area contributed by atoms with E-state index in [0.29, 0.717) is 16.7 Å². The number of hydrogen-bond donors (Lipinski definition) is 3. The summed E-state index contributed by atoms with van der Waals surface area (Å²) in [5, 5.41) is 29.8. The monoisotopic (exact) mass is 394 g/mol. The molecule has 0 unspecified atom stereocenters. The highest BCUT2D eigenvalue weighted by molar-refractivity contribution is 6.30. The Bertz CT molecular complexity index is 602. The van der Waals surface area contributed by atoms with Gasteiger partial charge in [0.2, 0.25) is 0 Å². The lowest BCUT2D eigenvalue weighted by atomic mass is 9.91. The van der Waals surface area contributed by atoms with Crippen LogP contribution in [0.3, 0.4) is 0 Å². The van der Waals surface area contributed by atoms with Crippen LogP contribution in [0, 0.1) is 11.8 Å². The molecule has 1 aromatic carbocycles. The minimum absolute atomic E-state index is 0.0629. The van der Waals surface area contributed by atoms with Gasteiger partial charge in [-0.15, -0.1) is 0 Å². The van der Waals surface area contributed by atoms with E-state index in [4.69, 9.17) is 21.4 Å². The van der Waals surface area contributed by atoms with E-state index in [1.165, 1.54) is 0 Å². The topological polar surface area (TPSA) is 69.9 Å². The van der Waals surface area contributed by atoms with E-state index in [1.54, 1.807) is 30.3 Å². The van der Waals surface area contributed by atoms with Crippen molar-refractivity contribution in [2.45, 2.75) is 50.7 Å². The molecule has 150 valence electrons. The van der Waals surface area contributed by atoms with Gasteiger partial charge >= 0.3 is 0 Å². The van der Waals surface area contributed by atoms with Crippen LogP contribution in [0.2, 0.25) is 5.02 Å². The molecule has 0 bridgehead atoms. The van der Waals surface area contributed by atoms with Gasteiger partial charge in [0.05, 0.1) is 6.10 Å². The van der Waals surface area contributed by atoms with E-state index in [9.17, 15) is 10.2 Å². The smallest absolute Gasteiger partial charge is 0.120 e. The fourth-order valence-electron chi connectivity index (χ4n) is 3.46. The summed E-state index contributed by atoms with van der Waals surface area (Å²) in [5.74, 6) is 1.08. The number of rotatable bonds is 11. The Morgan fingerprint density at radius 3 is 2.85 bits per heavy atom. The number of ether oxygens (including phenoxy) is 1. The van der Waals surface area contributed by atoms with E-state index in [2.05, 4.69) is 12.2 Å². The first-order valence-corrected chi connectivity index (χ1v) is 10.2. The minimum Gasteiger partial charge on any atom is -0.491 e. The van der Waals surface area contributed by atoms with Gasteiger partial charge in [-0.05, 0) is 62.6 Å². The second-order valence-corrected chi connectivity index (χ2v) is 7.57. The number of hydrogen-bond acceptors (Lipinski definition) is 4. The number of allylic oxidation sites excluding steroid dienone is 2. The third-order valence-corrected chi connectivity index (χ3v) is 5.21. The second kappa shape index (κ2) is 12.2. The molecule has 0 aliphatic heterocycles.